The molecule has 2 amide bonds. The van der Waals surface area contributed by atoms with Gasteiger partial charge in [0.05, 0.1) is 5.57 Å². The van der Waals surface area contributed by atoms with Crippen LogP contribution in [0.4, 0.5) is 10.1 Å². The fraction of sp³-hybridized carbons (Fsp3) is 0.120. The molecule has 0 aromatic heterocycles. The molecule has 1 aliphatic heterocycles. The molecule has 0 fully saturated rings. The summed E-state index contributed by atoms with van der Waals surface area (Å²) in [6.07, 6.45) is 0.503. The SMILES string of the molecule is Cc1ccc(C2=C(Nc3cccc(F)c3)C(=O)N(CCc3ccc(Cl)cc3)C2=O)cc1. The zero-order chi connectivity index (χ0) is 22.0. The van der Waals surface area contributed by atoms with E-state index in [0.717, 1.165) is 11.1 Å². The first-order valence-electron chi connectivity index (χ1n) is 9.87. The molecule has 3 aromatic rings. The Bertz CT molecular complexity index is 1170. The molecule has 6 heteroatoms. The summed E-state index contributed by atoms with van der Waals surface area (Å²) in [5.41, 5.74) is 3.48. The van der Waals surface area contributed by atoms with Crippen LogP contribution in [0.2, 0.25) is 5.02 Å². The van der Waals surface area contributed by atoms with Crippen LogP contribution in [0, 0.1) is 12.7 Å². The summed E-state index contributed by atoms with van der Waals surface area (Å²) >= 11 is 5.93. The number of halogens is 2. The fourth-order valence-corrected chi connectivity index (χ4v) is 3.61. The first kappa shape index (κ1) is 20.8. The number of imide groups is 1. The van der Waals surface area contributed by atoms with Crippen LogP contribution in [-0.2, 0) is 16.0 Å². The number of benzene rings is 3. The van der Waals surface area contributed by atoms with E-state index in [1.807, 2.05) is 43.3 Å². The highest BCUT2D eigenvalue weighted by Crippen LogP contribution is 2.31. The zero-order valence-electron chi connectivity index (χ0n) is 16.9. The first-order chi connectivity index (χ1) is 14.9. The van der Waals surface area contributed by atoms with Crippen LogP contribution in [0.5, 0.6) is 0 Å². The molecule has 0 radical (unpaired) electrons. The monoisotopic (exact) mass is 434 g/mol. The van der Waals surface area contributed by atoms with E-state index in [0.29, 0.717) is 22.7 Å². The van der Waals surface area contributed by atoms with Gasteiger partial charge in [-0.15, -0.1) is 0 Å². The number of carbonyl (C=O) groups excluding carboxylic acids is 2. The van der Waals surface area contributed by atoms with Crippen LogP contribution in [0.15, 0.2) is 78.5 Å². The van der Waals surface area contributed by atoms with Gasteiger partial charge >= 0.3 is 0 Å². The van der Waals surface area contributed by atoms with Gasteiger partial charge in [-0.3, -0.25) is 14.5 Å². The maximum atomic E-state index is 13.7. The molecule has 0 unspecified atom stereocenters. The molecule has 0 atom stereocenters. The van der Waals surface area contributed by atoms with Crippen LogP contribution in [0.25, 0.3) is 5.57 Å². The van der Waals surface area contributed by atoms with E-state index in [-0.39, 0.29) is 23.7 Å². The van der Waals surface area contributed by atoms with Gasteiger partial charge in [-0.25, -0.2) is 4.39 Å². The Morgan fingerprint density at radius 2 is 1.65 bits per heavy atom. The van der Waals surface area contributed by atoms with Crippen LogP contribution < -0.4 is 5.32 Å². The smallest absolute Gasteiger partial charge is 0.278 e. The van der Waals surface area contributed by atoms with E-state index in [1.54, 1.807) is 24.3 Å². The number of nitrogens with zero attached hydrogens (tertiary/aromatic N) is 1. The number of carbonyl (C=O) groups is 2. The van der Waals surface area contributed by atoms with E-state index in [4.69, 9.17) is 11.6 Å². The third-order valence-corrected chi connectivity index (χ3v) is 5.39. The van der Waals surface area contributed by atoms with Gasteiger partial charge in [-0.1, -0.05) is 59.6 Å². The van der Waals surface area contributed by atoms with Gasteiger partial charge in [0.15, 0.2) is 0 Å². The van der Waals surface area contributed by atoms with Gasteiger partial charge in [0.1, 0.15) is 11.5 Å². The largest absolute Gasteiger partial charge is 0.350 e. The number of amides is 2. The summed E-state index contributed by atoms with van der Waals surface area (Å²) in [6, 6.07) is 20.5. The van der Waals surface area contributed by atoms with Crippen molar-refractivity contribution < 1.29 is 14.0 Å². The van der Waals surface area contributed by atoms with Crippen molar-refractivity contribution in [2.45, 2.75) is 13.3 Å². The Hall–Kier alpha value is -3.44. The summed E-state index contributed by atoms with van der Waals surface area (Å²) < 4.78 is 13.7. The molecule has 0 bridgehead atoms. The molecule has 31 heavy (non-hydrogen) atoms. The van der Waals surface area contributed by atoms with Crippen molar-refractivity contribution in [3.05, 3.63) is 106 Å². The number of anilines is 1. The van der Waals surface area contributed by atoms with E-state index < -0.39 is 11.7 Å². The van der Waals surface area contributed by atoms with E-state index in [1.165, 1.54) is 17.0 Å². The van der Waals surface area contributed by atoms with Crippen molar-refractivity contribution >= 4 is 34.7 Å². The van der Waals surface area contributed by atoms with Crippen molar-refractivity contribution in [3.63, 3.8) is 0 Å². The normalized spacial score (nSPS) is 13.8. The Morgan fingerprint density at radius 1 is 0.935 bits per heavy atom. The molecule has 0 spiro atoms. The highest BCUT2D eigenvalue weighted by Gasteiger charge is 2.38. The third kappa shape index (κ3) is 4.52. The zero-order valence-corrected chi connectivity index (χ0v) is 17.6. The summed E-state index contributed by atoms with van der Waals surface area (Å²) in [5.74, 6) is -1.24. The quantitative estimate of drug-likeness (QED) is 0.541. The Labute approximate surface area is 185 Å². The predicted octanol–water partition coefficient (Wildman–Crippen LogP) is 5.22. The van der Waals surface area contributed by atoms with Crippen LogP contribution in [0.1, 0.15) is 16.7 Å². The molecule has 4 nitrogen and oxygen atoms in total. The second-order valence-corrected chi connectivity index (χ2v) is 7.83. The number of hydrogen-bond donors (Lipinski definition) is 1. The van der Waals surface area contributed by atoms with Gasteiger partial charge in [0.2, 0.25) is 0 Å². The number of rotatable bonds is 6. The molecule has 3 aromatic carbocycles. The van der Waals surface area contributed by atoms with Crippen molar-refractivity contribution in [2.75, 3.05) is 11.9 Å². The molecule has 0 saturated heterocycles. The lowest BCUT2D eigenvalue weighted by Crippen LogP contribution is -2.34. The average molecular weight is 435 g/mol. The summed E-state index contributed by atoms with van der Waals surface area (Å²) in [5, 5.41) is 3.60. The Morgan fingerprint density at radius 3 is 2.32 bits per heavy atom. The minimum absolute atomic E-state index is 0.149. The second kappa shape index (κ2) is 8.74. The van der Waals surface area contributed by atoms with E-state index in [2.05, 4.69) is 5.32 Å². The number of hydrogen-bond acceptors (Lipinski definition) is 3. The fourth-order valence-electron chi connectivity index (χ4n) is 3.49. The summed E-state index contributed by atoms with van der Waals surface area (Å²) in [4.78, 5) is 27.7. The van der Waals surface area contributed by atoms with Crippen molar-refractivity contribution in [1.29, 1.82) is 0 Å². The summed E-state index contributed by atoms with van der Waals surface area (Å²) in [7, 11) is 0. The first-order valence-corrected chi connectivity index (χ1v) is 10.2. The van der Waals surface area contributed by atoms with Crippen molar-refractivity contribution in [2.24, 2.45) is 0 Å². The number of aryl methyl sites for hydroxylation is 1. The molecule has 0 saturated carbocycles. The minimum atomic E-state index is -0.432. The molecule has 1 N–H and O–H groups in total. The highest BCUT2D eigenvalue weighted by molar-refractivity contribution is 6.36. The Balaban J connectivity index is 1.65. The lowest BCUT2D eigenvalue weighted by atomic mass is 10.0. The van der Waals surface area contributed by atoms with Gasteiger partial charge in [-0.2, -0.15) is 0 Å². The Kier molecular flexibility index (Phi) is 5.87. The number of nitrogens with one attached hydrogen (secondary N) is 1. The lowest BCUT2D eigenvalue weighted by molar-refractivity contribution is -0.136. The van der Waals surface area contributed by atoms with Crippen molar-refractivity contribution in [3.8, 4) is 0 Å². The van der Waals surface area contributed by atoms with E-state index >= 15 is 0 Å². The van der Waals surface area contributed by atoms with Gasteiger partial charge < -0.3 is 5.32 Å². The lowest BCUT2D eigenvalue weighted by Gasteiger charge is -2.15. The van der Waals surface area contributed by atoms with E-state index in [9.17, 15) is 14.0 Å². The summed E-state index contributed by atoms with van der Waals surface area (Å²) in [6.45, 7) is 2.17. The third-order valence-electron chi connectivity index (χ3n) is 5.14. The molecule has 1 heterocycles. The minimum Gasteiger partial charge on any atom is -0.350 e. The second-order valence-electron chi connectivity index (χ2n) is 7.39. The van der Waals surface area contributed by atoms with Gasteiger partial charge in [-0.05, 0) is 54.8 Å². The highest BCUT2D eigenvalue weighted by atomic mass is 35.5. The molecule has 4 rings (SSSR count). The maximum absolute atomic E-state index is 13.7. The van der Waals surface area contributed by atoms with Crippen LogP contribution in [-0.4, -0.2) is 23.3 Å². The standard InChI is InChI=1S/C25H20ClFN2O2/c1-16-5-9-18(10-6-16)22-23(28-21-4-2-3-20(27)15-21)25(31)29(24(22)30)14-13-17-7-11-19(26)12-8-17/h2-12,15,28H,13-14H2,1H3. The van der Waals surface area contributed by atoms with Gasteiger partial charge in [0.25, 0.3) is 11.8 Å². The predicted molar refractivity (Wildman–Crippen MR) is 120 cm³/mol. The molecule has 1 aliphatic rings. The topological polar surface area (TPSA) is 49.4 Å². The van der Waals surface area contributed by atoms with Crippen LogP contribution in [0.3, 0.4) is 0 Å². The van der Waals surface area contributed by atoms with Gasteiger partial charge in [0, 0.05) is 17.3 Å². The molecule has 156 valence electrons. The average Bonchev–Trinajstić information content (AvgIpc) is 2.98. The van der Waals surface area contributed by atoms with Crippen molar-refractivity contribution in [1.82, 2.24) is 4.90 Å². The molecular weight excluding hydrogens is 415 g/mol. The molecule has 0 aliphatic carbocycles. The molecular formula is C25H20ClFN2O2. The van der Waals surface area contributed by atoms with Crippen LogP contribution >= 0.6 is 11.6 Å². The maximum Gasteiger partial charge on any atom is 0.278 e.